The number of pyridine rings is 1. The molecule has 0 bridgehead atoms. The van der Waals surface area contributed by atoms with E-state index in [2.05, 4.69) is 207 Å². The fourth-order valence-corrected chi connectivity index (χ4v) is 10.8. The minimum Gasteiger partial charge on any atom is -0.422 e. The predicted octanol–water partition coefficient (Wildman–Crippen LogP) is 17.0. The second-order valence-corrected chi connectivity index (χ2v) is 19.0. The number of aryl methyl sites for hydroxylation is 4. The molecular weight excluding hydrogens is 867 g/mol. The van der Waals surface area contributed by atoms with E-state index in [4.69, 9.17) is 9.40 Å². The Labute approximate surface area is 411 Å². The van der Waals surface area contributed by atoms with Gasteiger partial charge in [-0.2, -0.15) is 0 Å². The van der Waals surface area contributed by atoms with Crippen molar-refractivity contribution >= 4 is 54.6 Å². The normalized spacial score (nSPS) is 11.7. The summed E-state index contributed by atoms with van der Waals surface area (Å²) in [7, 11) is 0. The third-order valence-corrected chi connectivity index (χ3v) is 14.2. The van der Waals surface area contributed by atoms with E-state index >= 15 is 0 Å². The Morgan fingerprint density at radius 3 is 1.17 bits per heavy atom. The van der Waals surface area contributed by atoms with Crippen molar-refractivity contribution in [3.63, 3.8) is 0 Å². The Balaban J connectivity index is 1.02. The highest BCUT2D eigenvalue weighted by Gasteiger charge is 2.21. The van der Waals surface area contributed by atoms with E-state index in [1.54, 1.807) is 6.07 Å². The summed E-state index contributed by atoms with van der Waals surface area (Å²) in [6.45, 7) is 8.60. The molecule has 338 valence electrons. The Bertz CT molecular complexity index is 4140. The summed E-state index contributed by atoms with van der Waals surface area (Å²) in [6, 6.07) is 74.8. The number of benzene rings is 9. The van der Waals surface area contributed by atoms with Crippen LogP contribution in [0.2, 0.25) is 0 Å². The molecule has 0 aliphatic carbocycles. The fraction of sp³-hybridized carbons (Fsp3) is 0.0606. The van der Waals surface area contributed by atoms with Gasteiger partial charge in [-0.25, -0.2) is 9.78 Å². The third kappa shape index (κ3) is 7.16. The monoisotopic (exact) mass is 913 g/mol. The molecule has 0 unspecified atom stereocenters. The summed E-state index contributed by atoms with van der Waals surface area (Å²) in [5.41, 5.74) is 20.8. The van der Waals surface area contributed by atoms with E-state index in [1.165, 1.54) is 54.8 Å². The molecule has 5 nitrogen and oxygen atoms in total. The molecule has 0 spiro atoms. The maximum atomic E-state index is 14.2. The van der Waals surface area contributed by atoms with Crippen molar-refractivity contribution in [1.29, 1.82) is 0 Å². The number of hydrogen-bond donors (Lipinski definition) is 0. The van der Waals surface area contributed by atoms with Crippen LogP contribution in [0.4, 0.5) is 0 Å². The topological polar surface area (TPSA) is 53.0 Å². The standard InChI is InChI=1S/C66H47N3O2/c1-40-15-29-60-54(33-40)55-34-41(2)16-30-61(55)68(60)49-23-19-44(20-24-49)51-27-28-52(45-21-25-50(26-22-45)69-62-31-17-42(3)35-56(62)57-36-43(4)18-32-63(57)69)66-65(51)53(39-64(70)71-66)48-37-58(46-11-7-5-8-12-46)67-59(38-48)47-13-9-6-10-14-47/h5-39H,1-4H3. The highest BCUT2D eigenvalue weighted by molar-refractivity contribution is 6.12. The zero-order valence-corrected chi connectivity index (χ0v) is 39.9. The summed E-state index contributed by atoms with van der Waals surface area (Å²) in [4.78, 5) is 19.4. The quantitative estimate of drug-likeness (QED) is 0.150. The highest BCUT2D eigenvalue weighted by atomic mass is 16.4. The predicted molar refractivity (Wildman–Crippen MR) is 295 cm³/mol. The molecule has 0 aliphatic heterocycles. The molecule has 0 saturated carbocycles. The average molecular weight is 914 g/mol. The van der Waals surface area contributed by atoms with Gasteiger partial charge in [0.15, 0.2) is 0 Å². The van der Waals surface area contributed by atoms with Crippen LogP contribution in [-0.2, 0) is 0 Å². The van der Waals surface area contributed by atoms with Gasteiger partial charge in [-0.3, -0.25) is 0 Å². The zero-order chi connectivity index (χ0) is 47.9. The van der Waals surface area contributed by atoms with Gasteiger partial charge in [-0.05, 0) is 141 Å². The number of fused-ring (bicyclic) bond motifs is 7. The SMILES string of the molecule is Cc1ccc2c(c1)c1cc(C)ccc1n2-c1ccc(-c2ccc(-c3ccc(-n4c5ccc(C)cc5c5cc(C)ccc54)cc3)c3c(-c4cc(-c5ccccc5)nc(-c5ccccc5)c4)cc(=O)oc23)cc1. The molecule has 0 amide bonds. The van der Waals surface area contributed by atoms with E-state index < -0.39 is 5.63 Å². The lowest BCUT2D eigenvalue weighted by atomic mass is 9.90. The summed E-state index contributed by atoms with van der Waals surface area (Å²) < 4.78 is 11.2. The number of nitrogens with zero attached hydrogens (tertiary/aromatic N) is 3. The second kappa shape index (κ2) is 16.6. The van der Waals surface area contributed by atoms with Crippen molar-refractivity contribution < 1.29 is 4.42 Å². The van der Waals surface area contributed by atoms with Crippen LogP contribution >= 0.6 is 0 Å². The van der Waals surface area contributed by atoms with Crippen molar-refractivity contribution in [1.82, 2.24) is 14.1 Å². The molecule has 0 aliphatic rings. The molecule has 9 aromatic carbocycles. The molecule has 13 rings (SSSR count). The van der Waals surface area contributed by atoms with Crippen LogP contribution in [0.3, 0.4) is 0 Å². The van der Waals surface area contributed by atoms with Crippen molar-refractivity contribution in [2.45, 2.75) is 27.7 Å². The first-order valence-corrected chi connectivity index (χ1v) is 24.2. The van der Waals surface area contributed by atoms with Gasteiger partial charge in [-0.1, -0.05) is 138 Å². The van der Waals surface area contributed by atoms with Crippen LogP contribution in [0.5, 0.6) is 0 Å². The summed E-state index contributed by atoms with van der Waals surface area (Å²) in [5, 5.41) is 5.80. The lowest BCUT2D eigenvalue weighted by Crippen LogP contribution is -2.02. The van der Waals surface area contributed by atoms with Gasteiger partial charge in [0.25, 0.3) is 0 Å². The van der Waals surface area contributed by atoms with Crippen molar-refractivity contribution in [2.75, 3.05) is 0 Å². The van der Waals surface area contributed by atoms with Gasteiger partial charge >= 0.3 is 5.63 Å². The first kappa shape index (κ1) is 42.1. The molecule has 0 atom stereocenters. The van der Waals surface area contributed by atoms with Gasteiger partial charge in [0.05, 0.1) is 33.5 Å². The van der Waals surface area contributed by atoms with Crippen molar-refractivity contribution in [3.8, 4) is 67.3 Å². The fourth-order valence-electron chi connectivity index (χ4n) is 10.8. The van der Waals surface area contributed by atoms with Crippen LogP contribution in [0.1, 0.15) is 22.3 Å². The van der Waals surface area contributed by atoms with E-state index in [9.17, 15) is 4.79 Å². The minimum absolute atomic E-state index is 0.426. The molecule has 0 fully saturated rings. The average Bonchev–Trinajstić information content (AvgIpc) is 3.89. The zero-order valence-electron chi connectivity index (χ0n) is 39.9. The Hall–Kier alpha value is -9.06. The van der Waals surface area contributed by atoms with Crippen LogP contribution in [0, 0.1) is 27.7 Å². The maximum Gasteiger partial charge on any atom is 0.336 e. The number of aromatic nitrogens is 3. The molecule has 0 saturated heterocycles. The van der Waals surface area contributed by atoms with Crippen molar-refractivity contribution in [2.24, 2.45) is 0 Å². The second-order valence-electron chi connectivity index (χ2n) is 19.0. The van der Waals surface area contributed by atoms with E-state index in [0.717, 1.165) is 83.7 Å². The minimum atomic E-state index is -0.426. The van der Waals surface area contributed by atoms with Crippen LogP contribution in [0.25, 0.3) is 122 Å². The van der Waals surface area contributed by atoms with Crippen molar-refractivity contribution in [3.05, 3.63) is 245 Å². The largest absolute Gasteiger partial charge is 0.422 e. The van der Waals surface area contributed by atoms with Gasteiger partial charge < -0.3 is 13.6 Å². The van der Waals surface area contributed by atoms with Crippen LogP contribution in [-0.4, -0.2) is 14.1 Å². The molecule has 13 aromatic rings. The Morgan fingerprint density at radius 1 is 0.352 bits per heavy atom. The van der Waals surface area contributed by atoms with Gasteiger partial charge in [-0.15, -0.1) is 0 Å². The molecule has 71 heavy (non-hydrogen) atoms. The van der Waals surface area contributed by atoms with Crippen LogP contribution in [0.15, 0.2) is 222 Å². The van der Waals surface area contributed by atoms with Gasteiger partial charge in [0.1, 0.15) is 5.58 Å². The van der Waals surface area contributed by atoms with E-state index in [1.807, 2.05) is 36.4 Å². The first-order chi connectivity index (χ1) is 34.7. The molecular formula is C66H47N3O2. The van der Waals surface area contributed by atoms with Crippen LogP contribution < -0.4 is 5.63 Å². The summed E-state index contributed by atoms with van der Waals surface area (Å²) in [5.74, 6) is 0. The summed E-state index contributed by atoms with van der Waals surface area (Å²) in [6.07, 6.45) is 0. The van der Waals surface area contributed by atoms with E-state index in [0.29, 0.717) is 5.58 Å². The molecule has 0 N–H and O–H groups in total. The lowest BCUT2D eigenvalue weighted by molar-refractivity contribution is 0.562. The summed E-state index contributed by atoms with van der Waals surface area (Å²) >= 11 is 0. The number of hydrogen-bond acceptors (Lipinski definition) is 3. The third-order valence-electron chi connectivity index (χ3n) is 14.2. The Morgan fingerprint density at radius 2 is 0.746 bits per heavy atom. The molecule has 0 radical (unpaired) electrons. The molecule has 4 aromatic heterocycles. The lowest BCUT2D eigenvalue weighted by Gasteiger charge is -2.17. The number of rotatable bonds is 7. The Kier molecular flexibility index (Phi) is 9.82. The first-order valence-electron chi connectivity index (χ1n) is 24.2. The smallest absolute Gasteiger partial charge is 0.336 e. The van der Waals surface area contributed by atoms with Gasteiger partial charge in [0, 0.05) is 66.6 Å². The molecule has 5 heteroatoms. The van der Waals surface area contributed by atoms with E-state index in [-0.39, 0.29) is 0 Å². The van der Waals surface area contributed by atoms with Gasteiger partial charge in [0.2, 0.25) is 0 Å². The highest BCUT2D eigenvalue weighted by Crippen LogP contribution is 2.43. The molecule has 4 heterocycles. The maximum absolute atomic E-state index is 14.2.